The number of likely N-dealkylation sites (tertiary alicyclic amines) is 1. The fourth-order valence-corrected chi connectivity index (χ4v) is 3.70. The van der Waals surface area contributed by atoms with E-state index in [0.29, 0.717) is 0 Å². The fourth-order valence-electron chi connectivity index (χ4n) is 3.70. The van der Waals surface area contributed by atoms with Gasteiger partial charge in [-0.3, -0.25) is 9.88 Å². The van der Waals surface area contributed by atoms with E-state index in [1.54, 1.807) is 0 Å². The number of nitrogens with zero attached hydrogens (tertiary/aromatic N) is 2. The molecule has 0 bridgehead atoms. The molecule has 1 amide bonds. The maximum Gasteiger partial charge on any atom is 0.410 e. The molecular formula is C22H25N3O2. The van der Waals surface area contributed by atoms with Crippen LogP contribution < -0.4 is 0 Å². The average Bonchev–Trinajstić information content (AvgIpc) is 3.27. The first-order valence-electron chi connectivity index (χ1n) is 9.45. The van der Waals surface area contributed by atoms with E-state index in [-0.39, 0.29) is 12.1 Å². The van der Waals surface area contributed by atoms with E-state index in [1.165, 1.54) is 0 Å². The number of benzene rings is 1. The van der Waals surface area contributed by atoms with Crippen LogP contribution in [-0.4, -0.2) is 33.1 Å². The van der Waals surface area contributed by atoms with E-state index < -0.39 is 5.60 Å². The molecule has 4 rings (SSSR count). The van der Waals surface area contributed by atoms with E-state index in [4.69, 9.17) is 4.74 Å². The Bertz CT molecular complexity index is 957. The molecule has 1 aliphatic rings. The molecule has 1 aromatic carbocycles. The number of rotatable bonds is 2. The molecule has 1 atom stereocenters. The number of aromatic nitrogens is 2. The number of nitrogens with one attached hydrogen (secondary N) is 1. The van der Waals surface area contributed by atoms with Crippen molar-refractivity contribution in [2.45, 2.75) is 45.3 Å². The molecule has 5 heteroatoms. The van der Waals surface area contributed by atoms with Crippen LogP contribution in [0.3, 0.4) is 0 Å². The first-order chi connectivity index (χ1) is 12.9. The van der Waals surface area contributed by atoms with E-state index in [1.807, 2.05) is 56.1 Å². The van der Waals surface area contributed by atoms with Crippen molar-refractivity contribution in [1.29, 1.82) is 0 Å². The lowest BCUT2D eigenvalue weighted by atomic mass is 10.1. The number of aromatic amines is 1. The SMILES string of the molecule is CC(C)(C)OC(=O)N1CCCC1c1cc2ccnc(-c3ccccc3)c2[nH]1. The van der Waals surface area contributed by atoms with Crippen molar-refractivity contribution in [2.75, 3.05) is 6.54 Å². The summed E-state index contributed by atoms with van der Waals surface area (Å²) in [7, 11) is 0. The lowest BCUT2D eigenvalue weighted by Gasteiger charge is -2.28. The molecule has 1 aliphatic heterocycles. The van der Waals surface area contributed by atoms with Crippen LogP contribution in [0.2, 0.25) is 0 Å². The van der Waals surface area contributed by atoms with Crippen molar-refractivity contribution >= 4 is 17.0 Å². The number of pyridine rings is 1. The van der Waals surface area contributed by atoms with E-state index in [9.17, 15) is 4.79 Å². The maximum absolute atomic E-state index is 12.6. The zero-order chi connectivity index (χ0) is 19.0. The molecule has 3 heterocycles. The van der Waals surface area contributed by atoms with Gasteiger partial charge in [0.2, 0.25) is 0 Å². The highest BCUT2D eigenvalue weighted by Gasteiger charge is 2.34. The minimum absolute atomic E-state index is 0.0101. The number of hydrogen-bond acceptors (Lipinski definition) is 3. The van der Waals surface area contributed by atoms with Gasteiger partial charge in [0.25, 0.3) is 0 Å². The summed E-state index contributed by atoms with van der Waals surface area (Å²) in [5.74, 6) is 0. The van der Waals surface area contributed by atoms with Crippen molar-refractivity contribution in [2.24, 2.45) is 0 Å². The second-order valence-electron chi connectivity index (χ2n) is 8.05. The number of amides is 1. The Kier molecular flexibility index (Phi) is 4.38. The van der Waals surface area contributed by atoms with E-state index in [0.717, 1.165) is 47.2 Å². The molecule has 1 unspecified atom stereocenters. The lowest BCUT2D eigenvalue weighted by molar-refractivity contribution is 0.0222. The van der Waals surface area contributed by atoms with Crippen molar-refractivity contribution in [3.05, 3.63) is 54.4 Å². The van der Waals surface area contributed by atoms with Crippen LogP contribution in [0.4, 0.5) is 4.79 Å². The third kappa shape index (κ3) is 3.54. The second-order valence-corrected chi connectivity index (χ2v) is 8.05. The van der Waals surface area contributed by atoms with Gasteiger partial charge in [0, 0.05) is 29.4 Å². The van der Waals surface area contributed by atoms with Gasteiger partial charge in [-0.25, -0.2) is 4.79 Å². The predicted molar refractivity (Wildman–Crippen MR) is 106 cm³/mol. The Hall–Kier alpha value is -2.82. The van der Waals surface area contributed by atoms with Crippen LogP contribution >= 0.6 is 0 Å². The Morgan fingerprint density at radius 3 is 2.74 bits per heavy atom. The van der Waals surface area contributed by atoms with Crippen molar-refractivity contribution < 1.29 is 9.53 Å². The summed E-state index contributed by atoms with van der Waals surface area (Å²) in [6.45, 7) is 6.42. The zero-order valence-corrected chi connectivity index (χ0v) is 16.0. The molecule has 27 heavy (non-hydrogen) atoms. The van der Waals surface area contributed by atoms with E-state index in [2.05, 4.69) is 28.2 Å². The van der Waals surface area contributed by atoms with Crippen LogP contribution in [-0.2, 0) is 4.74 Å². The molecule has 1 N–H and O–H groups in total. The molecule has 1 fully saturated rings. The lowest BCUT2D eigenvalue weighted by Crippen LogP contribution is -2.36. The average molecular weight is 363 g/mol. The highest BCUT2D eigenvalue weighted by molar-refractivity contribution is 5.92. The van der Waals surface area contributed by atoms with Gasteiger partial charge in [-0.15, -0.1) is 0 Å². The summed E-state index contributed by atoms with van der Waals surface area (Å²) in [6.07, 6.45) is 3.50. The summed E-state index contributed by atoms with van der Waals surface area (Å²) >= 11 is 0. The van der Waals surface area contributed by atoms with Crippen LogP contribution in [0, 0.1) is 0 Å². The normalized spacial score (nSPS) is 17.4. The standard InChI is InChI=1S/C22H25N3O2/c1-22(2,3)27-21(26)25-13-7-10-18(25)17-14-16-11-12-23-19(20(16)24-17)15-8-5-4-6-9-15/h4-6,8-9,11-12,14,18,24H,7,10,13H2,1-3H3. The van der Waals surface area contributed by atoms with Crippen LogP contribution in [0.1, 0.15) is 45.3 Å². The molecule has 0 aliphatic carbocycles. The number of ether oxygens (including phenoxy) is 1. The highest BCUT2D eigenvalue weighted by Crippen LogP contribution is 2.36. The topological polar surface area (TPSA) is 58.2 Å². The number of H-pyrrole nitrogens is 1. The first kappa shape index (κ1) is 17.6. The van der Waals surface area contributed by atoms with Gasteiger partial charge >= 0.3 is 6.09 Å². The van der Waals surface area contributed by atoms with Crippen molar-refractivity contribution in [1.82, 2.24) is 14.9 Å². The molecule has 0 spiro atoms. The summed E-state index contributed by atoms with van der Waals surface area (Å²) in [6, 6.07) is 14.3. The Labute approximate surface area is 159 Å². The fraction of sp³-hybridized carbons (Fsp3) is 0.364. The number of carbonyl (C=O) groups is 1. The Morgan fingerprint density at radius 2 is 2.00 bits per heavy atom. The Balaban J connectivity index is 1.69. The second kappa shape index (κ2) is 6.72. The van der Waals surface area contributed by atoms with Gasteiger partial charge < -0.3 is 9.72 Å². The monoisotopic (exact) mass is 363 g/mol. The van der Waals surface area contributed by atoms with Gasteiger partial charge in [-0.1, -0.05) is 30.3 Å². The first-order valence-corrected chi connectivity index (χ1v) is 9.45. The minimum atomic E-state index is -0.491. The third-order valence-corrected chi connectivity index (χ3v) is 4.85. The summed E-state index contributed by atoms with van der Waals surface area (Å²) < 4.78 is 5.60. The molecule has 2 aromatic heterocycles. The van der Waals surface area contributed by atoms with Gasteiger partial charge in [0.05, 0.1) is 17.3 Å². The summed E-state index contributed by atoms with van der Waals surface area (Å²) in [5, 5.41) is 1.11. The molecule has 0 radical (unpaired) electrons. The highest BCUT2D eigenvalue weighted by atomic mass is 16.6. The smallest absolute Gasteiger partial charge is 0.410 e. The number of carbonyl (C=O) groups excluding carboxylic acids is 1. The maximum atomic E-state index is 12.6. The quantitative estimate of drug-likeness (QED) is 0.672. The van der Waals surface area contributed by atoms with Crippen LogP contribution in [0.5, 0.6) is 0 Å². The van der Waals surface area contributed by atoms with Crippen LogP contribution in [0.15, 0.2) is 48.7 Å². The summed E-state index contributed by atoms with van der Waals surface area (Å²) in [4.78, 5) is 22.6. The van der Waals surface area contributed by atoms with Gasteiger partial charge in [0.1, 0.15) is 5.60 Å². The van der Waals surface area contributed by atoms with Crippen molar-refractivity contribution in [3.8, 4) is 11.3 Å². The molecule has 1 saturated heterocycles. The minimum Gasteiger partial charge on any atom is -0.444 e. The number of hydrogen-bond donors (Lipinski definition) is 1. The van der Waals surface area contributed by atoms with E-state index >= 15 is 0 Å². The predicted octanol–water partition coefficient (Wildman–Crippen LogP) is 5.30. The van der Waals surface area contributed by atoms with Gasteiger partial charge in [0.15, 0.2) is 0 Å². The van der Waals surface area contributed by atoms with Gasteiger partial charge in [-0.2, -0.15) is 0 Å². The largest absolute Gasteiger partial charge is 0.444 e. The molecule has 3 aromatic rings. The third-order valence-electron chi connectivity index (χ3n) is 4.85. The molecule has 5 nitrogen and oxygen atoms in total. The van der Waals surface area contributed by atoms with Crippen molar-refractivity contribution in [3.63, 3.8) is 0 Å². The number of fused-ring (bicyclic) bond motifs is 1. The molecule has 0 saturated carbocycles. The molecular weight excluding hydrogens is 338 g/mol. The van der Waals surface area contributed by atoms with Crippen LogP contribution in [0.25, 0.3) is 22.2 Å². The molecule has 140 valence electrons. The summed E-state index contributed by atoms with van der Waals surface area (Å²) in [5.41, 5.74) is 3.57. The van der Waals surface area contributed by atoms with Gasteiger partial charge in [-0.05, 0) is 45.7 Å². The zero-order valence-electron chi connectivity index (χ0n) is 16.0. The Morgan fingerprint density at radius 1 is 1.22 bits per heavy atom.